The van der Waals surface area contributed by atoms with Crippen LogP contribution in [0.15, 0.2) is 60.7 Å². The molecular formula is C21H26N2O4. The summed E-state index contributed by atoms with van der Waals surface area (Å²) in [5.41, 5.74) is 1.78. The third-order valence-corrected chi connectivity index (χ3v) is 4.13. The molecule has 2 atom stereocenters. The van der Waals surface area contributed by atoms with Crippen LogP contribution in [0.1, 0.15) is 25.0 Å². The molecule has 6 nitrogen and oxygen atoms in total. The summed E-state index contributed by atoms with van der Waals surface area (Å²) in [5, 5.41) is 15.7. The van der Waals surface area contributed by atoms with Gasteiger partial charge in [0.15, 0.2) is 6.10 Å². The highest BCUT2D eigenvalue weighted by Crippen LogP contribution is 2.09. The standard InChI is InChI=1S/C21H26N2O4/c1-15(2)18(23-21(26)27-14-17-11-7-4-8-12-17)19(24)20(25)22-13-16-9-5-3-6-10-16/h3-12,15,18-19,24H,13-14H2,1-2H3,(H,22,25)(H,23,26)/t18-,19?/m0/s1. The van der Waals surface area contributed by atoms with Crippen molar-refractivity contribution in [1.29, 1.82) is 0 Å². The number of rotatable bonds is 8. The van der Waals surface area contributed by atoms with Gasteiger partial charge in [-0.15, -0.1) is 0 Å². The first-order valence-corrected chi connectivity index (χ1v) is 8.94. The van der Waals surface area contributed by atoms with Crippen molar-refractivity contribution in [2.45, 2.75) is 39.1 Å². The zero-order valence-corrected chi connectivity index (χ0v) is 15.6. The van der Waals surface area contributed by atoms with E-state index in [2.05, 4.69) is 10.6 Å². The number of carbonyl (C=O) groups excluding carboxylic acids is 2. The summed E-state index contributed by atoms with van der Waals surface area (Å²) in [6, 6.07) is 17.9. The van der Waals surface area contributed by atoms with Crippen LogP contribution in [0.5, 0.6) is 0 Å². The lowest BCUT2D eigenvalue weighted by Gasteiger charge is -2.26. The molecule has 0 saturated heterocycles. The van der Waals surface area contributed by atoms with Gasteiger partial charge < -0.3 is 20.5 Å². The third-order valence-electron chi connectivity index (χ3n) is 4.13. The Bertz CT molecular complexity index is 719. The molecule has 2 amide bonds. The molecule has 0 aliphatic heterocycles. The van der Waals surface area contributed by atoms with Crippen LogP contribution in [-0.4, -0.2) is 29.3 Å². The van der Waals surface area contributed by atoms with Gasteiger partial charge >= 0.3 is 6.09 Å². The predicted octanol–water partition coefficient (Wildman–Crippen LogP) is 2.61. The number of amides is 2. The normalized spacial score (nSPS) is 12.9. The van der Waals surface area contributed by atoms with E-state index in [1.807, 2.05) is 74.5 Å². The largest absolute Gasteiger partial charge is 0.445 e. The van der Waals surface area contributed by atoms with Gasteiger partial charge in [-0.05, 0) is 17.0 Å². The fourth-order valence-corrected chi connectivity index (χ4v) is 2.56. The fourth-order valence-electron chi connectivity index (χ4n) is 2.56. The lowest BCUT2D eigenvalue weighted by molar-refractivity contribution is -0.131. The summed E-state index contributed by atoms with van der Waals surface area (Å²) < 4.78 is 5.18. The highest BCUT2D eigenvalue weighted by molar-refractivity contribution is 5.82. The van der Waals surface area contributed by atoms with E-state index in [1.165, 1.54) is 0 Å². The second-order valence-electron chi connectivity index (χ2n) is 6.62. The maximum Gasteiger partial charge on any atom is 0.407 e. The van der Waals surface area contributed by atoms with Crippen LogP contribution in [0.25, 0.3) is 0 Å². The zero-order chi connectivity index (χ0) is 19.6. The summed E-state index contributed by atoms with van der Waals surface area (Å²) in [6.45, 7) is 4.06. The van der Waals surface area contributed by atoms with Gasteiger partial charge in [0.2, 0.25) is 0 Å². The molecule has 0 saturated carbocycles. The molecule has 0 bridgehead atoms. The lowest BCUT2D eigenvalue weighted by Crippen LogP contribution is -2.53. The van der Waals surface area contributed by atoms with Gasteiger partial charge in [0, 0.05) is 6.54 Å². The first-order valence-electron chi connectivity index (χ1n) is 8.94. The number of nitrogens with one attached hydrogen (secondary N) is 2. The fraction of sp³-hybridized carbons (Fsp3) is 0.333. The van der Waals surface area contributed by atoms with E-state index in [4.69, 9.17) is 4.74 Å². The van der Waals surface area contributed by atoms with Crippen molar-refractivity contribution < 1.29 is 19.4 Å². The third kappa shape index (κ3) is 6.75. The Labute approximate surface area is 159 Å². The van der Waals surface area contributed by atoms with Crippen molar-refractivity contribution in [2.75, 3.05) is 0 Å². The van der Waals surface area contributed by atoms with E-state index >= 15 is 0 Å². The monoisotopic (exact) mass is 370 g/mol. The number of carbonyl (C=O) groups is 2. The molecule has 3 N–H and O–H groups in total. The van der Waals surface area contributed by atoms with E-state index in [0.717, 1.165) is 11.1 Å². The molecule has 2 rings (SSSR count). The van der Waals surface area contributed by atoms with Gasteiger partial charge in [-0.25, -0.2) is 4.79 Å². The summed E-state index contributed by atoms with van der Waals surface area (Å²) in [7, 11) is 0. The average Bonchev–Trinajstić information content (AvgIpc) is 2.69. The number of alkyl carbamates (subject to hydrolysis) is 1. The SMILES string of the molecule is CC(C)[C@H](NC(=O)OCc1ccccc1)C(O)C(=O)NCc1ccccc1. The number of hydrogen-bond acceptors (Lipinski definition) is 4. The molecule has 144 valence electrons. The van der Waals surface area contributed by atoms with E-state index in [9.17, 15) is 14.7 Å². The lowest BCUT2D eigenvalue weighted by atomic mass is 9.98. The average molecular weight is 370 g/mol. The Hall–Kier alpha value is -2.86. The van der Waals surface area contributed by atoms with Crippen molar-refractivity contribution in [1.82, 2.24) is 10.6 Å². The van der Waals surface area contributed by atoms with Crippen LogP contribution in [0.4, 0.5) is 4.79 Å². The maximum absolute atomic E-state index is 12.3. The molecule has 2 aromatic carbocycles. The van der Waals surface area contributed by atoms with Gasteiger partial charge in [-0.2, -0.15) is 0 Å². The molecule has 0 aliphatic rings. The second-order valence-corrected chi connectivity index (χ2v) is 6.62. The molecule has 0 heterocycles. The summed E-state index contributed by atoms with van der Waals surface area (Å²) in [5.74, 6) is -0.701. The molecule has 0 aliphatic carbocycles. The van der Waals surface area contributed by atoms with Gasteiger partial charge in [0.25, 0.3) is 5.91 Å². The van der Waals surface area contributed by atoms with Gasteiger partial charge in [0.05, 0.1) is 6.04 Å². The van der Waals surface area contributed by atoms with Crippen LogP contribution < -0.4 is 10.6 Å². The molecule has 27 heavy (non-hydrogen) atoms. The Morgan fingerprint density at radius 1 is 0.963 bits per heavy atom. The van der Waals surface area contributed by atoms with Gasteiger partial charge in [-0.3, -0.25) is 4.79 Å². The van der Waals surface area contributed by atoms with Crippen molar-refractivity contribution in [3.63, 3.8) is 0 Å². The van der Waals surface area contributed by atoms with Gasteiger partial charge in [0.1, 0.15) is 6.61 Å². The Kier molecular flexibility index (Phi) is 7.82. The molecule has 0 fully saturated rings. The first kappa shape index (κ1) is 20.5. The Morgan fingerprint density at radius 3 is 2.07 bits per heavy atom. The number of hydrogen-bond donors (Lipinski definition) is 3. The topological polar surface area (TPSA) is 87.7 Å². The number of aliphatic hydroxyl groups excluding tert-OH is 1. The molecule has 1 unspecified atom stereocenters. The van der Waals surface area contributed by atoms with Crippen molar-refractivity contribution in [3.8, 4) is 0 Å². The van der Waals surface area contributed by atoms with Crippen LogP contribution in [0.3, 0.4) is 0 Å². The van der Waals surface area contributed by atoms with E-state index in [1.54, 1.807) is 0 Å². The zero-order valence-electron chi connectivity index (χ0n) is 15.6. The van der Waals surface area contributed by atoms with Crippen LogP contribution >= 0.6 is 0 Å². The minimum absolute atomic E-state index is 0.119. The predicted molar refractivity (Wildman–Crippen MR) is 103 cm³/mol. The molecule has 0 radical (unpaired) electrons. The Morgan fingerprint density at radius 2 is 1.52 bits per heavy atom. The van der Waals surface area contributed by atoms with Gasteiger partial charge in [-0.1, -0.05) is 74.5 Å². The minimum Gasteiger partial charge on any atom is -0.445 e. The first-order chi connectivity index (χ1) is 13.0. The smallest absolute Gasteiger partial charge is 0.407 e. The highest BCUT2D eigenvalue weighted by atomic mass is 16.5. The van der Waals surface area contributed by atoms with Crippen LogP contribution in [0, 0.1) is 5.92 Å². The number of aliphatic hydroxyl groups is 1. The van der Waals surface area contributed by atoms with Crippen molar-refractivity contribution >= 4 is 12.0 Å². The molecule has 6 heteroatoms. The molecule has 0 aromatic heterocycles. The summed E-state index contributed by atoms with van der Waals surface area (Å²) in [4.78, 5) is 24.3. The van der Waals surface area contributed by atoms with E-state index in [-0.39, 0.29) is 12.5 Å². The molecule has 2 aromatic rings. The summed E-state index contributed by atoms with van der Waals surface area (Å²) >= 11 is 0. The van der Waals surface area contributed by atoms with Crippen molar-refractivity contribution in [3.05, 3.63) is 71.8 Å². The Balaban J connectivity index is 1.86. The summed E-state index contributed by atoms with van der Waals surface area (Å²) in [6.07, 6.45) is -2.05. The van der Waals surface area contributed by atoms with E-state index < -0.39 is 24.1 Å². The number of ether oxygens (including phenoxy) is 1. The second kappa shape index (κ2) is 10.3. The van der Waals surface area contributed by atoms with E-state index in [0.29, 0.717) is 6.54 Å². The minimum atomic E-state index is -1.38. The maximum atomic E-state index is 12.3. The molecular weight excluding hydrogens is 344 g/mol. The number of benzene rings is 2. The quantitative estimate of drug-likeness (QED) is 0.667. The highest BCUT2D eigenvalue weighted by Gasteiger charge is 2.30. The van der Waals surface area contributed by atoms with Crippen LogP contribution in [-0.2, 0) is 22.7 Å². The molecule has 0 spiro atoms. The van der Waals surface area contributed by atoms with Crippen molar-refractivity contribution in [2.24, 2.45) is 5.92 Å². The van der Waals surface area contributed by atoms with Crippen LogP contribution in [0.2, 0.25) is 0 Å².